The summed E-state index contributed by atoms with van der Waals surface area (Å²) in [5.74, 6) is 0.623. The second kappa shape index (κ2) is 8.87. The van der Waals surface area contributed by atoms with Crippen LogP contribution in [-0.4, -0.2) is 64.5 Å². The van der Waals surface area contributed by atoms with Crippen LogP contribution in [0.1, 0.15) is 6.42 Å². The number of nitrogens with one attached hydrogen (secondary N) is 2. The highest BCUT2D eigenvalue weighted by molar-refractivity contribution is 6.31. The second-order valence-corrected chi connectivity index (χ2v) is 8.38. The quantitative estimate of drug-likeness (QED) is 0.491. The maximum Gasteiger partial charge on any atom is 0.407 e. The Labute approximate surface area is 193 Å². The van der Waals surface area contributed by atoms with Gasteiger partial charge in [-0.3, -0.25) is 0 Å². The minimum Gasteiger partial charge on any atom is -0.486 e. The molecule has 0 saturated carbocycles. The molecule has 172 valence electrons. The molecule has 0 radical (unpaired) electrons. The molecule has 1 amide bonds. The Hall–Kier alpha value is -3.37. The number of likely N-dealkylation sites (tertiary alicyclic amines) is 1. The molecule has 0 spiro atoms. The van der Waals surface area contributed by atoms with Crippen molar-refractivity contribution < 1.29 is 23.8 Å². The molecular formula is C22H21ClFN5O4. The van der Waals surface area contributed by atoms with Gasteiger partial charge in [-0.25, -0.2) is 19.2 Å². The van der Waals surface area contributed by atoms with Gasteiger partial charge in [-0.15, -0.1) is 0 Å². The first-order valence-electron chi connectivity index (χ1n) is 10.5. The Morgan fingerprint density at radius 1 is 1.27 bits per heavy atom. The summed E-state index contributed by atoms with van der Waals surface area (Å²) < 4.78 is 25.1. The molecule has 2 fully saturated rings. The van der Waals surface area contributed by atoms with Gasteiger partial charge in [0.25, 0.3) is 0 Å². The van der Waals surface area contributed by atoms with Crippen molar-refractivity contribution in [3.63, 3.8) is 0 Å². The summed E-state index contributed by atoms with van der Waals surface area (Å²) in [6.45, 7) is 1.91. The van der Waals surface area contributed by atoms with Crippen LogP contribution in [0.2, 0.25) is 5.02 Å². The number of fused-ring (bicyclic) bond motifs is 1. The highest BCUT2D eigenvalue weighted by Crippen LogP contribution is 2.36. The number of benzene rings is 2. The normalized spacial score (nSPS) is 18.2. The first-order chi connectivity index (χ1) is 16.0. The Morgan fingerprint density at radius 2 is 2.12 bits per heavy atom. The lowest BCUT2D eigenvalue weighted by Crippen LogP contribution is -2.56. The fourth-order valence-electron chi connectivity index (χ4n) is 3.84. The fourth-order valence-corrected chi connectivity index (χ4v) is 4.02. The van der Waals surface area contributed by atoms with Gasteiger partial charge in [0, 0.05) is 36.7 Å². The molecule has 3 heterocycles. The van der Waals surface area contributed by atoms with Crippen molar-refractivity contribution in [2.24, 2.45) is 0 Å². The number of carboxylic acid groups (broad SMARTS) is 1. The van der Waals surface area contributed by atoms with Crippen molar-refractivity contribution >= 4 is 45.8 Å². The Bertz CT molecular complexity index is 1200. The van der Waals surface area contributed by atoms with Crippen LogP contribution < -0.4 is 15.4 Å². The zero-order valence-corrected chi connectivity index (χ0v) is 18.2. The summed E-state index contributed by atoms with van der Waals surface area (Å²) in [5.41, 5.74) is 1.94. The van der Waals surface area contributed by atoms with Crippen LogP contribution in [0.3, 0.4) is 0 Å². The van der Waals surface area contributed by atoms with E-state index in [0.29, 0.717) is 60.1 Å². The summed E-state index contributed by atoms with van der Waals surface area (Å²) in [6.07, 6.45) is 1.21. The highest BCUT2D eigenvalue weighted by Gasteiger charge is 2.31. The Kier molecular flexibility index (Phi) is 5.77. The highest BCUT2D eigenvalue weighted by atomic mass is 35.5. The first kappa shape index (κ1) is 21.5. The van der Waals surface area contributed by atoms with Crippen LogP contribution in [0.4, 0.5) is 26.4 Å². The Balaban J connectivity index is 1.47. The van der Waals surface area contributed by atoms with E-state index < -0.39 is 11.9 Å². The minimum atomic E-state index is -0.941. The van der Waals surface area contributed by atoms with Gasteiger partial charge in [0.15, 0.2) is 0 Å². The van der Waals surface area contributed by atoms with E-state index >= 15 is 0 Å². The maximum absolute atomic E-state index is 13.5. The van der Waals surface area contributed by atoms with Gasteiger partial charge in [0.05, 0.1) is 35.5 Å². The number of ether oxygens (including phenoxy) is 2. The van der Waals surface area contributed by atoms with Gasteiger partial charge in [-0.05, 0) is 24.3 Å². The maximum atomic E-state index is 13.5. The van der Waals surface area contributed by atoms with Crippen molar-refractivity contribution in [2.45, 2.75) is 18.6 Å². The Morgan fingerprint density at radius 3 is 2.85 bits per heavy atom. The lowest BCUT2D eigenvalue weighted by atomic mass is 10.1. The summed E-state index contributed by atoms with van der Waals surface area (Å²) in [5, 5.41) is 16.4. The topological polar surface area (TPSA) is 109 Å². The average molecular weight is 474 g/mol. The van der Waals surface area contributed by atoms with Gasteiger partial charge < -0.3 is 30.1 Å². The third-order valence-corrected chi connectivity index (χ3v) is 5.90. The van der Waals surface area contributed by atoms with Gasteiger partial charge in [-0.2, -0.15) is 0 Å². The van der Waals surface area contributed by atoms with Crippen molar-refractivity contribution in [3.05, 3.63) is 47.5 Å². The predicted molar refractivity (Wildman–Crippen MR) is 121 cm³/mol. The molecule has 3 N–H and O–H groups in total. The van der Waals surface area contributed by atoms with Crippen molar-refractivity contribution in [1.29, 1.82) is 0 Å². The minimum absolute atomic E-state index is 0.00292. The average Bonchev–Trinajstić information content (AvgIpc) is 3.26. The number of rotatable bonds is 6. The smallest absolute Gasteiger partial charge is 0.407 e. The summed E-state index contributed by atoms with van der Waals surface area (Å²) in [7, 11) is 0. The van der Waals surface area contributed by atoms with Crippen molar-refractivity contribution in [3.8, 4) is 5.75 Å². The zero-order chi connectivity index (χ0) is 22.9. The van der Waals surface area contributed by atoms with E-state index in [9.17, 15) is 9.18 Å². The number of halogens is 2. The first-order valence-corrected chi connectivity index (χ1v) is 10.8. The zero-order valence-electron chi connectivity index (χ0n) is 17.4. The molecule has 2 aliphatic rings. The molecule has 2 aromatic carbocycles. The van der Waals surface area contributed by atoms with E-state index in [4.69, 9.17) is 26.2 Å². The van der Waals surface area contributed by atoms with Crippen LogP contribution >= 0.6 is 11.6 Å². The number of anilines is 3. The van der Waals surface area contributed by atoms with Crippen LogP contribution in [0.5, 0.6) is 5.75 Å². The largest absolute Gasteiger partial charge is 0.486 e. The summed E-state index contributed by atoms with van der Waals surface area (Å²) in [6, 6.07) is 7.99. The molecule has 33 heavy (non-hydrogen) atoms. The molecule has 11 heteroatoms. The van der Waals surface area contributed by atoms with E-state index in [1.54, 1.807) is 6.07 Å². The van der Waals surface area contributed by atoms with Gasteiger partial charge in [-0.1, -0.05) is 11.6 Å². The van der Waals surface area contributed by atoms with Crippen molar-refractivity contribution in [2.75, 3.05) is 36.9 Å². The van der Waals surface area contributed by atoms with E-state index in [1.807, 2.05) is 12.1 Å². The molecule has 3 aromatic rings. The molecule has 2 aliphatic heterocycles. The monoisotopic (exact) mass is 473 g/mol. The fraction of sp³-hybridized carbons (Fsp3) is 0.318. The van der Waals surface area contributed by atoms with Crippen molar-refractivity contribution in [1.82, 2.24) is 14.9 Å². The summed E-state index contributed by atoms with van der Waals surface area (Å²) in [4.78, 5) is 21.2. The van der Waals surface area contributed by atoms with Gasteiger partial charge >= 0.3 is 6.09 Å². The number of nitrogens with zero attached hydrogens (tertiary/aromatic N) is 3. The van der Waals surface area contributed by atoms with E-state index in [1.165, 1.54) is 23.4 Å². The van der Waals surface area contributed by atoms with Crippen LogP contribution in [0, 0.1) is 5.82 Å². The van der Waals surface area contributed by atoms with E-state index in [-0.39, 0.29) is 17.2 Å². The van der Waals surface area contributed by atoms with Crippen LogP contribution in [-0.2, 0) is 4.74 Å². The molecule has 1 aromatic heterocycles. The van der Waals surface area contributed by atoms with Crippen LogP contribution in [0.25, 0.3) is 10.9 Å². The number of hydrogen-bond donors (Lipinski definition) is 3. The second-order valence-electron chi connectivity index (χ2n) is 7.97. The molecule has 9 nitrogen and oxygen atoms in total. The number of carbonyl (C=O) groups is 1. The SMILES string of the molecule is O=C(O)N1CC(Nc2cc3c(Nc4ccc(F)c(Cl)c4)ncnc3cc2O[C@H]2CCOC2)C1. The molecule has 0 aliphatic carbocycles. The van der Waals surface area contributed by atoms with E-state index in [0.717, 1.165) is 6.42 Å². The molecular weight excluding hydrogens is 453 g/mol. The molecule has 0 unspecified atom stereocenters. The van der Waals surface area contributed by atoms with Gasteiger partial charge in [0.2, 0.25) is 0 Å². The third-order valence-electron chi connectivity index (χ3n) is 5.61. The third kappa shape index (κ3) is 4.57. The predicted octanol–water partition coefficient (Wildman–Crippen LogP) is 4.11. The molecule has 2 saturated heterocycles. The lowest BCUT2D eigenvalue weighted by molar-refractivity contribution is 0.111. The molecule has 1 atom stereocenters. The molecule has 0 bridgehead atoms. The standard InChI is InChI=1S/C22H21ClFN5O4/c23-16-5-12(1-2-17(16)24)28-21-15-6-19(27-13-8-29(9-13)22(30)31)20(7-18(15)25-11-26-21)33-14-3-4-32-10-14/h1-2,5-7,11,13-14,27H,3-4,8-10H2,(H,30,31)(H,25,26,28)/t14-/m0/s1. The lowest BCUT2D eigenvalue weighted by Gasteiger charge is -2.38. The number of hydrogen-bond acceptors (Lipinski definition) is 7. The number of aromatic nitrogens is 2. The van der Waals surface area contributed by atoms with Gasteiger partial charge in [0.1, 0.15) is 29.8 Å². The van der Waals surface area contributed by atoms with E-state index in [2.05, 4.69) is 20.6 Å². The van der Waals surface area contributed by atoms with Crippen LogP contribution in [0.15, 0.2) is 36.7 Å². The number of amides is 1. The molecule has 5 rings (SSSR count). The summed E-state index contributed by atoms with van der Waals surface area (Å²) >= 11 is 5.91.